The number of carbonyl (C=O) groups excluding carboxylic acids is 2. The van der Waals surface area contributed by atoms with Crippen LogP contribution in [0.15, 0.2) is 54.6 Å². The number of esters is 1. The predicted molar refractivity (Wildman–Crippen MR) is 118 cm³/mol. The van der Waals surface area contributed by atoms with Crippen LogP contribution in [-0.4, -0.2) is 37.1 Å². The van der Waals surface area contributed by atoms with Gasteiger partial charge in [0.05, 0.1) is 17.7 Å². The number of unbranched alkanes of at least 4 members (excludes halogenated alkanes) is 1. The van der Waals surface area contributed by atoms with E-state index in [1.807, 2.05) is 6.92 Å². The molecule has 0 radical (unpaired) electrons. The van der Waals surface area contributed by atoms with E-state index in [-0.39, 0.29) is 29.2 Å². The zero-order chi connectivity index (χ0) is 22.5. The van der Waals surface area contributed by atoms with Crippen LogP contribution in [0.25, 0.3) is 0 Å². The second-order valence-electron chi connectivity index (χ2n) is 7.75. The number of aromatic hydroxyl groups is 2. The van der Waals surface area contributed by atoms with Crippen LogP contribution < -0.4 is 20.3 Å². The molecule has 162 valence electrons. The van der Waals surface area contributed by atoms with Crippen LogP contribution in [-0.2, 0) is 9.16 Å². The Hall–Kier alpha value is -3.78. The van der Waals surface area contributed by atoms with E-state index in [0.717, 1.165) is 12.8 Å². The molecular weight excluding hydrogens is 428 g/mol. The first-order valence-electron chi connectivity index (χ1n) is 10.3. The van der Waals surface area contributed by atoms with Crippen molar-refractivity contribution >= 4 is 35.8 Å². The molecular formula is C24H20O7Si. The van der Waals surface area contributed by atoms with Crippen LogP contribution >= 0.6 is 0 Å². The maximum absolute atomic E-state index is 13.2. The highest BCUT2D eigenvalue weighted by Gasteiger charge is 2.58. The van der Waals surface area contributed by atoms with E-state index in [4.69, 9.17) is 13.9 Å². The lowest BCUT2D eigenvalue weighted by molar-refractivity contribution is 0.0492. The number of rotatable bonds is 4. The fourth-order valence-electron chi connectivity index (χ4n) is 4.30. The number of phenols is 2. The van der Waals surface area contributed by atoms with Gasteiger partial charge in [0.15, 0.2) is 0 Å². The van der Waals surface area contributed by atoms with E-state index in [2.05, 4.69) is 0 Å². The first kappa shape index (κ1) is 20.1. The van der Waals surface area contributed by atoms with E-state index in [0.29, 0.717) is 27.1 Å². The summed E-state index contributed by atoms with van der Waals surface area (Å²) in [6.45, 7) is 2.27. The lowest BCUT2D eigenvalue weighted by Crippen LogP contribution is -2.69. The minimum atomic E-state index is -3.41. The highest BCUT2D eigenvalue weighted by atomic mass is 28.4. The van der Waals surface area contributed by atoms with Gasteiger partial charge in [0.1, 0.15) is 23.0 Å². The van der Waals surface area contributed by atoms with Gasteiger partial charge in [0, 0.05) is 27.7 Å². The van der Waals surface area contributed by atoms with Crippen LogP contribution in [0, 0.1) is 0 Å². The summed E-state index contributed by atoms with van der Waals surface area (Å²) in [5, 5.41) is 21.9. The molecule has 2 N–H and O–H groups in total. The Bertz CT molecular complexity index is 1220. The van der Waals surface area contributed by atoms with Crippen LogP contribution in [0.3, 0.4) is 0 Å². The SMILES string of the molecule is CCCCOC(=O)c1cccc2c1C(=O)O[Si]21c2ccc(O)cc2Oc2cc(O)ccc21. The standard InChI is InChI=1S/C24H20O7Si/c1-2-3-11-29-23(27)16-5-4-6-21-22(16)24(28)31-32(21)19-9-7-14(25)12-17(19)30-18-13-15(26)8-10-20(18)32/h4-10,12-13,25-26H,2-3,11H2,1H3. The van der Waals surface area contributed by atoms with Gasteiger partial charge in [-0.1, -0.05) is 37.6 Å². The summed E-state index contributed by atoms with van der Waals surface area (Å²) in [7, 11) is -3.41. The molecule has 5 rings (SSSR count). The topological polar surface area (TPSA) is 102 Å². The van der Waals surface area contributed by atoms with Gasteiger partial charge in [0.25, 0.3) is 0 Å². The molecule has 0 unspecified atom stereocenters. The van der Waals surface area contributed by atoms with Gasteiger partial charge in [-0.05, 0) is 24.6 Å². The Kier molecular flexibility index (Phi) is 4.67. The van der Waals surface area contributed by atoms with Crippen molar-refractivity contribution in [3.05, 3.63) is 65.7 Å². The first-order chi connectivity index (χ1) is 15.5. The largest absolute Gasteiger partial charge is 0.508 e. The van der Waals surface area contributed by atoms with Crippen molar-refractivity contribution in [2.24, 2.45) is 0 Å². The van der Waals surface area contributed by atoms with E-state index < -0.39 is 20.3 Å². The van der Waals surface area contributed by atoms with Gasteiger partial charge in [-0.25, -0.2) is 9.59 Å². The molecule has 0 fully saturated rings. The number of ether oxygens (including phenoxy) is 2. The van der Waals surface area contributed by atoms with Crippen molar-refractivity contribution in [3.63, 3.8) is 0 Å². The number of phenolic OH excluding ortho intramolecular Hbond substituents is 2. The normalized spacial score (nSPS) is 14.7. The smallest absolute Gasteiger partial charge is 0.359 e. The number of fused-ring (bicyclic) bond motifs is 6. The van der Waals surface area contributed by atoms with Crippen LogP contribution in [0.4, 0.5) is 0 Å². The van der Waals surface area contributed by atoms with Crippen molar-refractivity contribution in [2.75, 3.05) is 6.61 Å². The summed E-state index contributed by atoms with van der Waals surface area (Å²) in [5.41, 5.74) is 0.362. The predicted octanol–water partition coefficient (Wildman–Crippen LogP) is 2.30. The summed E-state index contributed by atoms with van der Waals surface area (Å²) in [4.78, 5) is 26.0. The molecule has 8 heteroatoms. The van der Waals surface area contributed by atoms with Crippen LogP contribution in [0.2, 0.25) is 0 Å². The molecule has 0 aromatic heterocycles. The third-order valence-corrected chi connectivity index (χ3v) is 9.76. The van der Waals surface area contributed by atoms with Gasteiger partial charge in [0.2, 0.25) is 0 Å². The third-order valence-electron chi connectivity index (χ3n) is 5.75. The number of hydrogen-bond acceptors (Lipinski definition) is 7. The second kappa shape index (κ2) is 7.42. The van der Waals surface area contributed by atoms with Crippen LogP contribution in [0.5, 0.6) is 23.0 Å². The van der Waals surface area contributed by atoms with Crippen molar-refractivity contribution in [3.8, 4) is 23.0 Å². The van der Waals surface area contributed by atoms with Crippen molar-refractivity contribution in [2.45, 2.75) is 19.8 Å². The molecule has 3 aromatic carbocycles. The average Bonchev–Trinajstić information content (AvgIpc) is 3.06. The molecule has 0 atom stereocenters. The zero-order valence-corrected chi connectivity index (χ0v) is 18.3. The summed E-state index contributed by atoms with van der Waals surface area (Å²) < 4.78 is 17.5. The average molecular weight is 449 g/mol. The molecule has 0 aliphatic carbocycles. The molecule has 2 aliphatic heterocycles. The van der Waals surface area contributed by atoms with Crippen molar-refractivity contribution < 1.29 is 33.7 Å². The van der Waals surface area contributed by atoms with Gasteiger partial charge >= 0.3 is 20.3 Å². The Balaban J connectivity index is 1.74. The summed E-state index contributed by atoms with van der Waals surface area (Å²) >= 11 is 0. The van der Waals surface area contributed by atoms with Gasteiger partial charge in [-0.2, -0.15) is 0 Å². The summed E-state index contributed by atoms with van der Waals surface area (Å²) in [6, 6.07) is 14.3. The second-order valence-corrected chi connectivity index (χ2v) is 10.9. The monoisotopic (exact) mass is 448 g/mol. The van der Waals surface area contributed by atoms with Crippen LogP contribution in [0.1, 0.15) is 40.5 Å². The summed E-state index contributed by atoms with van der Waals surface area (Å²) in [6.07, 6.45) is 1.61. The number of carbonyl (C=O) groups is 2. The molecule has 0 saturated carbocycles. The van der Waals surface area contributed by atoms with Crippen molar-refractivity contribution in [1.29, 1.82) is 0 Å². The molecule has 2 aliphatic rings. The van der Waals surface area contributed by atoms with Gasteiger partial charge in [-0.3, -0.25) is 0 Å². The fraction of sp³-hybridized carbons (Fsp3) is 0.167. The summed E-state index contributed by atoms with van der Waals surface area (Å²) in [5.74, 6) is -0.502. The quantitative estimate of drug-likeness (QED) is 0.359. The third kappa shape index (κ3) is 2.87. The molecule has 3 aromatic rings. The Labute approximate surface area is 184 Å². The van der Waals surface area contributed by atoms with Gasteiger partial charge < -0.3 is 24.1 Å². The zero-order valence-electron chi connectivity index (χ0n) is 17.3. The van der Waals surface area contributed by atoms with E-state index in [9.17, 15) is 19.8 Å². The molecule has 1 spiro atoms. The Morgan fingerprint density at radius 3 is 2.25 bits per heavy atom. The highest BCUT2D eigenvalue weighted by molar-refractivity contribution is 7.10. The van der Waals surface area contributed by atoms with E-state index in [1.54, 1.807) is 30.3 Å². The van der Waals surface area contributed by atoms with Crippen molar-refractivity contribution in [1.82, 2.24) is 0 Å². The molecule has 0 amide bonds. The number of benzene rings is 3. The minimum absolute atomic E-state index is 0.00528. The maximum Gasteiger partial charge on any atom is 0.359 e. The molecule has 7 nitrogen and oxygen atoms in total. The molecule has 2 heterocycles. The lowest BCUT2D eigenvalue weighted by Gasteiger charge is -2.34. The number of hydrogen-bond donors (Lipinski definition) is 2. The fourth-order valence-corrected chi connectivity index (χ4v) is 8.38. The molecule has 0 saturated heterocycles. The Morgan fingerprint density at radius 1 is 0.969 bits per heavy atom. The molecule has 0 bridgehead atoms. The lowest BCUT2D eigenvalue weighted by atomic mass is 10.1. The maximum atomic E-state index is 13.2. The van der Waals surface area contributed by atoms with E-state index >= 15 is 0 Å². The Morgan fingerprint density at radius 2 is 1.62 bits per heavy atom. The highest BCUT2D eigenvalue weighted by Crippen LogP contribution is 2.36. The van der Waals surface area contributed by atoms with Gasteiger partial charge in [-0.15, -0.1) is 0 Å². The molecule has 32 heavy (non-hydrogen) atoms. The first-order valence-corrected chi connectivity index (χ1v) is 12.3. The minimum Gasteiger partial charge on any atom is -0.508 e. The van der Waals surface area contributed by atoms with E-state index in [1.165, 1.54) is 24.3 Å².